The third-order valence-electron chi connectivity index (χ3n) is 3.32. The summed E-state index contributed by atoms with van der Waals surface area (Å²) >= 11 is 0. The van der Waals surface area contributed by atoms with Crippen molar-refractivity contribution < 1.29 is 13.9 Å². The summed E-state index contributed by atoms with van der Waals surface area (Å²) in [6.07, 6.45) is -1.38. The average Bonchev–Trinajstić information content (AvgIpc) is 2.27. The van der Waals surface area contributed by atoms with Gasteiger partial charge in [-0.3, -0.25) is 4.90 Å². The third kappa shape index (κ3) is 2.82. The van der Waals surface area contributed by atoms with Gasteiger partial charge in [0, 0.05) is 12.6 Å². The van der Waals surface area contributed by atoms with Gasteiger partial charge in [0.2, 0.25) is 0 Å². The fourth-order valence-electron chi connectivity index (χ4n) is 2.21. The molecule has 2 nitrogen and oxygen atoms in total. The normalized spacial score (nSPS) is 29.2. The Labute approximate surface area is 99.9 Å². The summed E-state index contributed by atoms with van der Waals surface area (Å²) in [5.74, 6) is -3.00. The number of hydrogen-bond donors (Lipinski definition) is 1. The highest BCUT2D eigenvalue weighted by atomic mass is 19.3. The van der Waals surface area contributed by atoms with Crippen molar-refractivity contribution in [2.75, 3.05) is 6.54 Å². The van der Waals surface area contributed by atoms with E-state index < -0.39 is 12.0 Å². The molecule has 1 saturated heterocycles. The van der Waals surface area contributed by atoms with E-state index in [2.05, 4.69) is 0 Å². The van der Waals surface area contributed by atoms with Crippen molar-refractivity contribution in [3.63, 3.8) is 0 Å². The van der Waals surface area contributed by atoms with Gasteiger partial charge in [-0.1, -0.05) is 30.3 Å². The fourth-order valence-corrected chi connectivity index (χ4v) is 2.21. The molecule has 0 aromatic heterocycles. The number of likely N-dealkylation sites (tertiary alicyclic amines) is 1. The van der Waals surface area contributed by atoms with Crippen LogP contribution in [-0.2, 0) is 6.54 Å². The summed E-state index contributed by atoms with van der Waals surface area (Å²) in [6, 6.07) is 9.53. The maximum atomic E-state index is 13.4. The molecule has 2 rings (SSSR count). The van der Waals surface area contributed by atoms with E-state index in [0.29, 0.717) is 6.54 Å². The van der Waals surface area contributed by atoms with Crippen molar-refractivity contribution in [2.45, 2.75) is 38.0 Å². The summed E-state index contributed by atoms with van der Waals surface area (Å²) in [4.78, 5) is 1.72. The van der Waals surface area contributed by atoms with E-state index in [0.717, 1.165) is 5.56 Å². The molecule has 94 valence electrons. The zero-order valence-electron chi connectivity index (χ0n) is 9.81. The number of alkyl halides is 2. The zero-order chi connectivity index (χ0) is 12.5. The predicted molar refractivity (Wildman–Crippen MR) is 61.9 cm³/mol. The van der Waals surface area contributed by atoms with Crippen LogP contribution in [0.25, 0.3) is 0 Å². The smallest absolute Gasteiger partial charge is 0.285 e. The van der Waals surface area contributed by atoms with Gasteiger partial charge in [-0.2, -0.15) is 0 Å². The van der Waals surface area contributed by atoms with E-state index in [1.165, 1.54) is 0 Å². The quantitative estimate of drug-likeness (QED) is 0.858. The van der Waals surface area contributed by atoms with E-state index in [-0.39, 0.29) is 19.0 Å². The number of nitrogens with zero attached hydrogens (tertiary/aromatic N) is 1. The van der Waals surface area contributed by atoms with Crippen molar-refractivity contribution in [3.05, 3.63) is 35.9 Å². The Morgan fingerprint density at radius 3 is 2.65 bits per heavy atom. The van der Waals surface area contributed by atoms with Gasteiger partial charge in [0.25, 0.3) is 5.92 Å². The van der Waals surface area contributed by atoms with Gasteiger partial charge >= 0.3 is 0 Å². The van der Waals surface area contributed by atoms with Crippen molar-refractivity contribution >= 4 is 0 Å². The first-order valence-corrected chi connectivity index (χ1v) is 5.83. The number of hydrogen-bond acceptors (Lipinski definition) is 2. The molecule has 2 atom stereocenters. The predicted octanol–water partition coefficient (Wildman–Crippen LogP) is 2.28. The first kappa shape index (κ1) is 12.5. The van der Waals surface area contributed by atoms with Crippen LogP contribution in [0.1, 0.15) is 18.9 Å². The molecule has 4 heteroatoms. The van der Waals surface area contributed by atoms with Gasteiger partial charge in [-0.25, -0.2) is 8.78 Å². The molecule has 1 aromatic rings. The van der Waals surface area contributed by atoms with Crippen molar-refractivity contribution in [1.82, 2.24) is 4.90 Å². The van der Waals surface area contributed by atoms with Crippen molar-refractivity contribution in [2.24, 2.45) is 0 Å². The molecule has 17 heavy (non-hydrogen) atoms. The van der Waals surface area contributed by atoms with Crippen LogP contribution < -0.4 is 0 Å². The molecular formula is C13H17F2NO. The Kier molecular flexibility index (Phi) is 3.45. The Balaban J connectivity index is 2.06. The van der Waals surface area contributed by atoms with Gasteiger partial charge in [0.05, 0.1) is 6.54 Å². The minimum Gasteiger partial charge on any atom is -0.387 e. The Hall–Kier alpha value is -1.00. The van der Waals surface area contributed by atoms with Crippen LogP contribution in [0.15, 0.2) is 30.3 Å². The Bertz CT molecular complexity index is 369. The molecule has 1 aliphatic heterocycles. The van der Waals surface area contributed by atoms with Gasteiger partial charge < -0.3 is 5.11 Å². The number of piperidine rings is 1. The lowest BCUT2D eigenvalue weighted by Crippen LogP contribution is -2.54. The second-order valence-electron chi connectivity index (χ2n) is 4.75. The van der Waals surface area contributed by atoms with E-state index >= 15 is 0 Å². The zero-order valence-corrected chi connectivity index (χ0v) is 9.81. The number of rotatable bonds is 2. The summed E-state index contributed by atoms with van der Waals surface area (Å²) in [6.45, 7) is 2.01. The Morgan fingerprint density at radius 1 is 1.35 bits per heavy atom. The van der Waals surface area contributed by atoms with Crippen LogP contribution in [0, 0.1) is 0 Å². The fraction of sp³-hybridized carbons (Fsp3) is 0.538. The van der Waals surface area contributed by atoms with Crippen LogP contribution in [0.2, 0.25) is 0 Å². The number of aliphatic hydroxyl groups is 1. The minimum absolute atomic E-state index is 0.0233. The number of halogens is 2. The molecule has 0 amide bonds. The van der Waals surface area contributed by atoms with E-state index in [4.69, 9.17) is 0 Å². The first-order valence-electron chi connectivity index (χ1n) is 5.83. The van der Waals surface area contributed by atoms with Crippen molar-refractivity contribution in [1.29, 1.82) is 0 Å². The Morgan fingerprint density at radius 2 is 2.00 bits per heavy atom. The lowest BCUT2D eigenvalue weighted by atomic mass is 9.97. The molecule has 1 aromatic carbocycles. The monoisotopic (exact) mass is 241 g/mol. The van der Waals surface area contributed by atoms with Crippen LogP contribution in [0.4, 0.5) is 8.78 Å². The molecule has 1 heterocycles. The van der Waals surface area contributed by atoms with E-state index in [9.17, 15) is 13.9 Å². The molecule has 0 bridgehead atoms. The summed E-state index contributed by atoms with van der Waals surface area (Å²) in [7, 11) is 0. The highest BCUT2D eigenvalue weighted by Crippen LogP contribution is 2.31. The second kappa shape index (κ2) is 4.70. The van der Waals surface area contributed by atoms with Crippen molar-refractivity contribution in [3.8, 4) is 0 Å². The second-order valence-corrected chi connectivity index (χ2v) is 4.75. The first-order chi connectivity index (χ1) is 7.99. The third-order valence-corrected chi connectivity index (χ3v) is 3.32. The topological polar surface area (TPSA) is 23.5 Å². The minimum atomic E-state index is -3.00. The largest absolute Gasteiger partial charge is 0.387 e. The van der Waals surface area contributed by atoms with Crippen LogP contribution in [0.3, 0.4) is 0 Å². The average molecular weight is 241 g/mol. The number of aliphatic hydroxyl groups excluding tert-OH is 1. The van der Waals surface area contributed by atoms with Gasteiger partial charge in [0.1, 0.15) is 6.10 Å². The van der Waals surface area contributed by atoms with Gasteiger partial charge in [-0.05, 0) is 18.9 Å². The van der Waals surface area contributed by atoms with Crippen LogP contribution in [0.5, 0.6) is 0 Å². The lowest BCUT2D eigenvalue weighted by molar-refractivity contribution is -0.163. The van der Waals surface area contributed by atoms with Gasteiger partial charge in [0.15, 0.2) is 0 Å². The highest BCUT2D eigenvalue weighted by molar-refractivity contribution is 5.15. The van der Waals surface area contributed by atoms with Crippen LogP contribution >= 0.6 is 0 Å². The summed E-state index contributed by atoms with van der Waals surface area (Å²) in [5, 5.41) is 9.31. The molecule has 1 aliphatic rings. The molecule has 0 spiro atoms. The van der Waals surface area contributed by atoms with E-state index in [1.807, 2.05) is 37.3 Å². The molecule has 0 aliphatic carbocycles. The molecule has 0 radical (unpaired) electrons. The molecule has 2 unspecified atom stereocenters. The van der Waals surface area contributed by atoms with Gasteiger partial charge in [-0.15, -0.1) is 0 Å². The lowest BCUT2D eigenvalue weighted by Gasteiger charge is -2.40. The molecule has 1 N–H and O–H groups in total. The molecule has 1 fully saturated rings. The number of benzene rings is 1. The maximum absolute atomic E-state index is 13.4. The van der Waals surface area contributed by atoms with Crippen LogP contribution in [-0.4, -0.2) is 34.6 Å². The standard InChI is InChI=1S/C13H17F2NO/c1-10-7-12(17)13(14,15)9-16(10)8-11-5-3-2-4-6-11/h2-6,10,12,17H,7-9H2,1H3. The van der Waals surface area contributed by atoms with E-state index in [1.54, 1.807) is 4.90 Å². The molecule has 0 saturated carbocycles. The highest BCUT2D eigenvalue weighted by Gasteiger charge is 2.46. The SMILES string of the molecule is CC1CC(O)C(F)(F)CN1Cc1ccccc1. The summed E-state index contributed by atoms with van der Waals surface area (Å²) in [5.41, 5.74) is 1.02. The maximum Gasteiger partial charge on any atom is 0.285 e. The molecular weight excluding hydrogens is 224 g/mol. The summed E-state index contributed by atoms with van der Waals surface area (Å²) < 4.78 is 26.9.